The molecule has 0 bridgehead atoms. The van der Waals surface area contributed by atoms with E-state index in [9.17, 15) is 4.79 Å². The predicted molar refractivity (Wildman–Crippen MR) is 124 cm³/mol. The first-order valence-corrected chi connectivity index (χ1v) is 10.5. The highest BCUT2D eigenvalue weighted by Crippen LogP contribution is 2.44. The van der Waals surface area contributed by atoms with Crippen molar-refractivity contribution in [1.29, 1.82) is 5.26 Å². The smallest absolute Gasteiger partial charge is 0.407 e. The van der Waals surface area contributed by atoms with Gasteiger partial charge in [-0.2, -0.15) is 5.26 Å². The molecule has 3 aromatic rings. The molecule has 0 fully saturated rings. The second kappa shape index (κ2) is 9.84. The van der Waals surface area contributed by atoms with Crippen LogP contribution in [0.25, 0.3) is 17.2 Å². The van der Waals surface area contributed by atoms with Crippen molar-refractivity contribution in [3.8, 4) is 22.9 Å². The van der Waals surface area contributed by atoms with Gasteiger partial charge in [-0.1, -0.05) is 66.7 Å². The van der Waals surface area contributed by atoms with E-state index in [1.54, 1.807) is 19.2 Å². The predicted octanol–water partition coefficient (Wildman–Crippen LogP) is 5.51. The Labute approximate surface area is 187 Å². The molecule has 160 valence electrons. The summed E-state index contributed by atoms with van der Waals surface area (Å²) in [6.07, 6.45) is 4.10. The number of carbonyl (C=O) groups excluding carboxylic acids is 1. The van der Waals surface area contributed by atoms with Crippen molar-refractivity contribution in [2.45, 2.75) is 12.3 Å². The fraction of sp³-hybridized carbons (Fsp3) is 0.185. The lowest BCUT2D eigenvalue weighted by molar-refractivity contribution is 0.143. The van der Waals surface area contributed by atoms with Crippen LogP contribution in [-0.2, 0) is 4.74 Å². The Bertz CT molecular complexity index is 1150. The topological polar surface area (TPSA) is 71.3 Å². The van der Waals surface area contributed by atoms with Crippen molar-refractivity contribution in [3.63, 3.8) is 0 Å². The molecular weight excluding hydrogens is 400 g/mol. The summed E-state index contributed by atoms with van der Waals surface area (Å²) in [6.45, 7) is 0.771. The maximum absolute atomic E-state index is 12.2. The fourth-order valence-corrected chi connectivity index (χ4v) is 4.04. The molecule has 0 saturated heterocycles. The zero-order chi connectivity index (χ0) is 22.3. The first-order valence-electron chi connectivity index (χ1n) is 10.5. The van der Waals surface area contributed by atoms with Gasteiger partial charge >= 0.3 is 6.09 Å². The van der Waals surface area contributed by atoms with E-state index in [1.165, 1.54) is 22.3 Å². The molecule has 1 amide bonds. The third-order valence-electron chi connectivity index (χ3n) is 5.58. The van der Waals surface area contributed by atoms with E-state index in [0.29, 0.717) is 30.9 Å². The number of hydrogen-bond acceptors (Lipinski definition) is 4. The molecule has 5 nitrogen and oxygen atoms in total. The van der Waals surface area contributed by atoms with Crippen LogP contribution >= 0.6 is 0 Å². The Kier molecular flexibility index (Phi) is 6.52. The molecule has 1 N–H and O–H groups in total. The van der Waals surface area contributed by atoms with Crippen LogP contribution in [0.2, 0.25) is 0 Å². The third-order valence-corrected chi connectivity index (χ3v) is 5.58. The van der Waals surface area contributed by atoms with Gasteiger partial charge in [0.15, 0.2) is 0 Å². The molecule has 0 aromatic heterocycles. The Morgan fingerprint density at radius 1 is 1.06 bits per heavy atom. The SMILES string of the molecule is COc1ccc(C=CCCNC(=O)OCC2c3ccccc3-c3ccccc32)cc1C#N. The van der Waals surface area contributed by atoms with Crippen LogP contribution in [0, 0.1) is 11.3 Å². The molecule has 0 aliphatic heterocycles. The van der Waals surface area contributed by atoms with Crippen molar-refractivity contribution in [2.24, 2.45) is 0 Å². The molecule has 3 aromatic carbocycles. The third kappa shape index (κ3) is 4.50. The van der Waals surface area contributed by atoms with Gasteiger partial charge in [-0.3, -0.25) is 0 Å². The van der Waals surface area contributed by atoms with E-state index in [4.69, 9.17) is 14.7 Å². The van der Waals surface area contributed by atoms with E-state index >= 15 is 0 Å². The minimum absolute atomic E-state index is 0.0532. The Hall–Kier alpha value is -4.04. The maximum Gasteiger partial charge on any atom is 0.407 e. The lowest BCUT2D eigenvalue weighted by atomic mass is 9.98. The standard InChI is InChI=1S/C27H24N2O3/c1-31-26-14-13-19(16-20(26)17-28)8-6-7-15-29-27(30)32-18-25-23-11-4-2-9-21(23)22-10-3-5-12-24(22)25/h2-6,8-14,16,25H,7,15,18H2,1H3,(H,29,30). The van der Waals surface area contributed by atoms with Gasteiger partial charge in [-0.25, -0.2) is 4.79 Å². The number of carbonyl (C=O) groups is 1. The summed E-state index contributed by atoms with van der Waals surface area (Å²) in [5.74, 6) is 0.610. The minimum atomic E-state index is -0.420. The molecule has 0 unspecified atom stereocenters. The van der Waals surface area contributed by atoms with E-state index in [1.807, 2.05) is 42.5 Å². The first-order chi connectivity index (χ1) is 15.7. The van der Waals surface area contributed by atoms with Crippen LogP contribution < -0.4 is 10.1 Å². The molecule has 4 rings (SSSR count). The van der Waals surface area contributed by atoms with Gasteiger partial charge in [0.05, 0.1) is 12.7 Å². The van der Waals surface area contributed by atoms with E-state index in [0.717, 1.165) is 5.56 Å². The maximum atomic E-state index is 12.2. The number of benzene rings is 3. The number of nitriles is 1. The van der Waals surface area contributed by atoms with Gasteiger partial charge in [-0.05, 0) is 46.4 Å². The molecule has 0 spiro atoms. The van der Waals surface area contributed by atoms with Crippen LogP contribution in [0.5, 0.6) is 5.75 Å². The van der Waals surface area contributed by atoms with Gasteiger partial charge in [0.1, 0.15) is 18.4 Å². The van der Waals surface area contributed by atoms with Gasteiger partial charge in [0.25, 0.3) is 0 Å². The van der Waals surface area contributed by atoms with Gasteiger partial charge < -0.3 is 14.8 Å². The number of rotatable bonds is 7. The summed E-state index contributed by atoms with van der Waals surface area (Å²) in [5.41, 5.74) is 6.21. The lowest BCUT2D eigenvalue weighted by Crippen LogP contribution is -2.26. The number of alkyl carbamates (subject to hydrolysis) is 1. The Morgan fingerprint density at radius 3 is 2.41 bits per heavy atom. The van der Waals surface area contributed by atoms with Gasteiger partial charge in [0.2, 0.25) is 0 Å². The summed E-state index contributed by atoms with van der Waals surface area (Å²) in [7, 11) is 1.54. The number of methoxy groups -OCH3 is 1. The van der Waals surface area contributed by atoms with E-state index in [2.05, 4.69) is 35.7 Å². The number of nitrogens with one attached hydrogen (secondary N) is 1. The monoisotopic (exact) mass is 424 g/mol. The van der Waals surface area contributed by atoms with Crippen LogP contribution in [-0.4, -0.2) is 26.4 Å². The van der Waals surface area contributed by atoms with Gasteiger partial charge in [0, 0.05) is 12.5 Å². The zero-order valence-corrected chi connectivity index (χ0v) is 17.9. The van der Waals surface area contributed by atoms with Crippen LogP contribution in [0.4, 0.5) is 4.79 Å². The summed E-state index contributed by atoms with van der Waals surface area (Å²) >= 11 is 0. The number of hydrogen-bond donors (Lipinski definition) is 1. The first kappa shape index (κ1) is 21.2. The van der Waals surface area contributed by atoms with Crippen LogP contribution in [0.15, 0.2) is 72.8 Å². The second-order valence-corrected chi connectivity index (χ2v) is 7.51. The van der Waals surface area contributed by atoms with Crippen LogP contribution in [0.1, 0.15) is 34.6 Å². The number of nitrogens with zero attached hydrogens (tertiary/aromatic N) is 1. The average Bonchev–Trinajstić information content (AvgIpc) is 3.16. The molecule has 0 radical (unpaired) electrons. The largest absolute Gasteiger partial charge is 0.495 e. The molecule has 0 atom stereocenters. The van der Waals surface area contributed by atoms with Crippen molar-refractivity contribution in [1.82, 2.24) is 5.32 Å². The normalized spacial score (nSPS) is 12.1. The second-order valence-electron chi connectivity index (χ2n) is 7.51. The number of fused-ring (bicyclic) bond motifs is 3. The lowest BCUT2D eigenvalue weighted by Gasteiger charge is -2.14. The zero-order valence-electron chi connectivity index (χ0n) is 17.9. The highest BCUT2D eigenvalue weighted by Gasteiger charge is 2.28. The van der Waals surface area contributed by atoms with Crippen molar-refractivity contribution in [2.75, 3.05) is 20.3 Å². The van der Waals surface area contributed by atoms with Crippen molar-refractivity contribution >= 4 is 12.2 Å². The summed E-state index contributed by atoms with van der Waals surface area (Å²) in [6, 6.07) is 24.1. The number of amides is 1. The Balaban J connectivity index is 1.27. The highest BCUT2D eigenvalue weighted by atomic mass is 16.5. The van der Waals surface area contributed by atoms with Gasteiger partial charge in [-0.15, -0.1) is 0 Å². The highest BCUT2D eigenvalue weighted by molar-refractivity contribution is 5.79. The molecular formula is C27H24N2O3. The molecule has 0 saturated carbocycles. The quantitative estimate of drug-likeness (QED) is 0.508. The summed E-state index contributed by atoms with van der Waals surface area (Å²) < 4.78 is 10.7. The minimum Gasteiger partial charge on any atom is -0.495 e. The average molecular weight is 425 g/mol. The molecule has 5 heteroatoms. The van der Waals surface area contributed by atoms with Crippen molar-refractivity contribution in [3.05, 3.63) is 95.1 Å². The van der Waals surface area contributed by atoms with Crippen molar-refractivity contribution < 1.29 is 14.3 Å². The molecule has 1 aliphatic rings. The number of ether oxygens (including phenoxy) is 2. The Morgan fingerprint density at radius 2 is 1.75 bits per heavy atom. The van der Waals surface area contributed by atoms with Crippen LogP contribution in [0.3, 0.4) is 0 Å². The van der Waals surface area contributed by atoms with E-state index < -0.39 is 6.09 Å². The van der Waals surface area contributed by atoms with E-state index in [-0.39, 0.29) is 5.92 Å². The molecule has 1 aliphatic carbocycles. The molecule has 32 heavy (non-hydrogen) atoms. The molecule has 0 heterocycles. The fourth-order valence-electron chi connectivity index (χ4n) is 4.04. The summed E-state index contributed by atoms with van der Waals surface area (Å²) in [5, 5.41) is 12.0. The summed E-state index contributed by atoms with van der Waals surface area (Å²) in [4.78, 5) is 12.2.